The Labute approximate surface area is 57.3 Å². The van der Waals surface area contributed by atoms with Crippen LogP contribution >= 0.6 is 0 Å². The average molecular weight is 195 g/mol. The summed E-state index contributed by atoms with van der Waals surface area (Å²) in [5.41, 5.74) is 0. The summed E-state index contributed by atoms with van der Waals surface area (Å²) in [6.07, 6.45) is 0. The molecule has 0 bridgehead atoms. The molecule has 1 radical (unpaired) electrons. The average Bonchev–Trinajstić information content (AvgIpc) is 1.39. The molecule has 2 N–H and O–H groups in total. The molecule has 0 saturated carbocycles. The predicted octanol–water partition coefficient (Wildman–Crippen LogP) is -0.00530. The largest absolute Gasteiger partial charge is 0.397 e. The van der Waals surface area contributed by atoms with E-state index in [4.69, 9.17) is 10.2 Å². The molecule has 0 aliphatic heterocycles. The first kappa shape index (κ1) is 15.6. The Morgan fingerprint density at radius 1 is 1.00 bits per heavy atom. The maximum Gasteiger partial charge on any atom is 0.0402 e. The van der Waals surface area contributed by atoms with Crippen LogP contribution in [0.3, 0.4) is 0 Å². The number of rotatable bonds is 0. The summed E-state index contributed by atoms with van der Waals surface area (Å²) in [4.78, 5) is 0. The predicted molar refractivity (Wildman–Crippen MR) is 25.5 cm³/mol. The molecule has 0 atom stereocenters. The summed E-state index contributed by atoms with van der Waals surface area (Å²) in [6, 6.07) is 0. The van der Waals surface area contributed by atoms with E-state index in [1.165, 1.54) is 0 Å². The van der Waals surface area contributed by atoms with Crippen molar-refractivity contribution < 1.29 is 29.7 Å². The van der Waals surface area contributed by atoms with Crippen LogP contribution in [-0.2, 0) is 19.5 Å². The Balaban J connectivity index is -0.0000000400. The second-order valence-electron chi connectivity index (χ2n) is 0.632. The van der Waals surface area contributed by atoms with Crippen LogP contribution in [0.15, 0.2) is 0 Å². The molecule has 0 aliphatic rings. The fourth-order valence-electron chi connectivity index (χ4n) is 0. The van der Waals surface area contributed by atoms with Crippen LogP contribution in [0, 0.1) is 0 Å². The Kier molecular flexibility index (Phi) is 69.5. The van der Waals surface area contributed by atoms with Gasteiger partial charge in [0.1, 0.15) is 0 Å². The van der Waals surface area contributed by atoms with E-state index < -0.39 is 0 Å². The van der Waals surface area contributed by atoms with Gasteiger partial charge in [-0.25, -0.2) is 0 Å². The fourth-order valence-corrected chi connectivity index (χ4v) is 0. The summed E-state index contributed by atoms with van der Waals surface area (Å²) in [5.74, 6) is 0. The van der Waals surface area contributed by atoms with Crippen LogP contribution < -0.4 is 0 Å². The Hall–Kier alpha value is 0.543. The van der Waals surface area contributed by atoms with E-state index in [0.717, 1.165) is 0 Å². The molecular formula is C4H12O2Rh. The first-order valence-electron chi connectivity index (χ1n) is 2.05. The summed E-state index contributed by atoms with van der Waals surface area (Å²) < 4.78 is 0. The van der Waals surface area contributed by atoms with E-state index in [2.05, 4.69) is 0 Å². The molecule has 0 rings (SSSR count). The monoisotopic (exact) mass is 195 g/mol. The molecule has 0 amide bonds. The SMILES string of the molecule is CCO.CCO.[Rh]. The normalized spacial score (nSPS) is 5.14. The topological polar surface area (TPSA) is 40.5 Å². The van der Waals surface area contributed by atoms with Gasteiger partial charge < -0.3 is 10.2 Å². The maximum atomic E-state index is 7.57. The van der Waals surface area contributed by atoms with Crippen molar-refractivity contribution in [3.63, 3.8) is 0 Å². The van der Waals surface area contributed by atoms with Crippen LogP contribution in [0.5, 0.6) is 0 Å². The number of hydrogen-bond donors (Lipinski definition) is 2. The molecule has 0 aromatic carbocycles. The molecule has 3 heteroatoms. The van der Waals surface area contributed by atoms with Crippen molar-refractivity contribution in [3.8, 4) is 0 Å². The first-order chi connectivity index (χ1) is 2.83. The van der Waals surface area contributed by atoms with Crippen molar-refractivity contribution in [1.82, 2.24) is 0 Å². The summed E-state index contributed by atoms with van der Waals surface area (Å²) >= 11 is 0. The van der Waals surface area contributed by atoms with Crippen molar-refractivity contribution in [2.24, 2.45) is 0 Å². The van der Waals surface area contributed by atoms with Gasteiger partial charge in [-0.15, -0.1) is 0 Å². The van der Waals surface area contributed by atoms with Gasteiger partial charge in [0.05, 0.1) is 0 Å². The second-order valence-corrected chi connectivity index (χ2v) is 0.632. The van der Waals surface area contributed by atoms with Crippen molar-refractivity contribution in [2.75, 3.05) is 13.2 Å². The third-order valence-electron chi connectivity index (χ3n) is 0. The zero-order valence-electron chi connectivity index (χ0n) is 4.64. The van der Waals surface area contributed by atoms with Crippen LogP contribution in [-0.4, -0.2) is 23.4 Å². The van der Waals surface area contributed by atoms with Gasteiger partial charge in [-0.3, -0.25) is 0 Å². The van der Waals surface area contributed by atoms with E-state index in [1.54, 1.807) is 13.8 Å². The van der Waals surface area contributed by atoms with Gasteiger partial charge in [0.15, 0.2) is 0 Å². The van der Waals surface area contributed by atoms with E-state index >= 15 is 0 Å². The van der Waals surface area contributed by atoms with Gasteiger partial charge in [-0.05, 0) is 13.8 Å². The molecule has 0 spiro atoms. The van der Waals surface area contributed by atoms with Crippen LogP contribution in [0.2, 0.25) is 0 Å². The molecule has 0 aromatic rings. The molecule has 0 unspecified atom stereocenters. The van der Waals surface area contributed by atoms with Gasteiger partial charge in [0.25, 0.3) is 0 Å². The summed E-state index contributed by atoms with van der Waals surface area (Å²) in [5, 5.41) is 15.1. The molecule has 2 nitrogen and oxygen atoms in total. The summed E-state index contributed by atoms with van der Waals surface area (Å²) in [6.45, 7) is 3.86. The molecule has 0 aliphatic carbocycles. The summed E-state index contributed by atoms with van der Waals surface area (Å²) in [7, 11) is 0. The first-order valence-corrected chi connectivity index (χ1v) is 2.05. The van der Waals surface area contributed by atoms with Gasteiger partial charge >= 0.3 is 0 Å². The molecule has 0 aromatic heterocycles. The standard InChI is InChI=1S/2C2H6O.Rh/c2*1-2-3;/h2*3H,2H2,1H3;. The molecule has 0 heterocycles. The number of hydrogen-bond acceptors (Lipinski definition) is 2. The van der Waals surface area contributed by atoms with Crippen LogP contribution in [0.25, 0.3) is 0 Å². The minimum Gasteiger partial charge on any atom is -0.397 e. The molecule has 49 valence electrons. The minimum absolute atomic E-state index is 0. The van der Waals surface area contributed by atoms with Crippen LogP contribution in [0.1, 0.15) is 13.8 Å². The van der Waals surface area contributed by atoms with Gasteiger partial charge in [0, 0.05) is 32.7 Å². The third-order valence-corrected chi connectivity index (χ3v) is 0. The quantitative estimate of drug-likeness (QED) is 0.534. The Morgan fingerprint density at radius 3 is 1.00 bits per heavy atom. The van der Waals surface area contributed by atoms with E-state index in [9.17, 15) is 0 Å². The smallest absolute Gasteiger partial charge is 0.0402 e. The van der Waals surface area contributed by atoms with Crippen molar-refractivity contribution in [3.05, 3.63) is 0 Å². The zero-order chi connectivity index (χ0) is 5.41. The van der Waals surface area contributed by atoms with E-state index in [0.29, 0.717) is 0 Å². The van der Waals surface area contributed by atoms with E-state index in [-0.39, 0.29) is 32.7 Å². The van der Waals surface area contributed by atoms with Crippen molar-refractivity contribution >= 4 is 0 Å². The van der Waals surface area contributed by atoms with Gasteiger partial charge in [-0.1, -0.05) is 0 Å². The Bertz CT molecular complexity index is 11.7. The molecule has 0 fully saturated rings. The number of aliphatic hydroxyl groups is 2. The molecule has 0 saturated heterocycles. The molecular weight excluding hydrogens is 183 g/mol. The third kappa shape index (κ3) is 457. The van der Waals surface area contributed by atoms with Gasteiger partial charge in [-0.2, -0.15) is 0 Å². The fraction of sp³-hybridized carbons (Fsp3) is 1.00. The van der Waals surface area contributed by atoms with E-state index in [1.807, 2.05) is 0 Å². The zero-order valence-corrected chi connectivity index (χ0v) is 6.28. The Morgan fingerprint density at radius 2 is 1.00 bits per heavy atom. The second kappa shape index (κ2) is 31.1. The van der Waals surface area contributed by atoms with Crippen LogP contribution in [0.4, 0.5) is 0 Å². The maximum absolute atomic E-state index is 7.57. The minimum atomic E-state index is 0. The molecule has 7 heavy (non-hydrogen) atoms. The number of aliphatic hydroxyl groups excluding tert-OH is 2. The van der Waals surface area contributed by atoms with Gasteiger partial charge in [0.2, 0.25) is 0 Å². The van der Waals surface area contributed by atoms with Crippen molar-refractivity contribution in [2.45, 2.75) is 13.8 Å². The van der Waals surface area contributed by atoms with Crippen molar-refractivity contribution in [1.29, 1.82) is 0 Å².